The number of thiophene rings is 1. The molecule has 5 nitrogen and oxygen atoms in total. The van der Waals surface area contributed by atoms with Gasteiger partial charge in [-0.1, -0.05) is 30.3 Å². The van der Waals surface area contributed by atoms with E-state index in [1.807, 2.05) is 68.4 Å². The van der Waals surface area contributed by atoms with E-state index in [0.29, 0.717) is 22.3 Å². The van der Waals surface area contributed by atoms with Gasteiger partial charge in [-0.25, -0.2) is 4.79 Å². The van der Waals surface area contributed by atoms with Gasteiger partial charge in [0.2, 0.25) is 0 Å². The van der Waals surface area contributed by atoms with E-state index < -0.39 is 5.97 Å². The summed E-state index contributed by atoms with van der Waals surface area (Å²) in [5.74, 6) is 0.394. The van der Waals surface area contributed by atoms with Crippen molar-refractivity contribution in [2.45, 2.75) is 13.8 Å². The molecule has 2 N–H and O–H groups in total. The number of aryl methyl sites for hydroxylation is 1. The van der Waals surface area contributed by atoms with Crippen LogP contribution in [0.25, 0.3) is 11.1 Å². The van der Waals surface area contributed by atoms with Crippen LogP contribution in [0, 0.1) is 6.92 Å². The minimum absolute atomic E-state index is 0.389. The van der Waals surface area contributed by atoms with E-state index >= 15 is 0 Å². The molecule has 0 unspecified atom stereocenters. The van der Waals surface area contributed by atoms with Crippen LogP contribution in [0.4, 0.5) is 10.7 Å². The maximum Gasteiger partial charge on any atom is 0.341 e. The van der Waals surface area contributed by atoms with Crippen molar-refractivity contribution in [3.8, 4) is 16.9 Å². The van der Waals surface area contributed by atoms with Crippen molar-refractivity contribution in [2.75, 3.05) is 24.4 Å². The van der Waals surface area contributed by atoms with Crippen LogP contribution in [0.5, 0.6) is 5.75 Å². The molecule has 0 aliphatic heterocycles. The smallest absolute Gasteiger partial charge is 0.341 e. The summed E-state index contributed by atoms with van der Waals surface area (Å²) in [4.78, 5) is 13.6. The molecular formula is C22H22N2O3S2. The monoisotopic (exact) mass is 426 g/mol. The molecule has 0 spiro atoms. The minimum atomic E-state index is -0.403. The lowest BCUT2D eigenvalue weighted by molar-refractivity contribution is 0.0603. The first kappa shape index (κ1) is 20.8. The Morgan fingerprint density at radius 3 is 2.38 bits per heavy atom. The van der Waals surface area contributed by atoms with E-state index in [2.05, 4.69) is 10.6 Å². The highest BCUT2D eigenvalue weighted by Gasteiger charge is 2.24. The van der Waals surface area contributed by atoms with Crippen molar-refractivity contribution in [3.05, 3.63) is 65.0 Å². The van der Waals surface area contributed by atoms with Crippen molar-refractivity contribution in [1.82, 2.24) is 0 Å². The number of hydrogen-bond acceptors (Lipinski definition) is 5. The molecule has 0 fully saturated rings. The molecular weight excluding hydrogens is 404 g/mol. The molecule has 150 valence electrons. The number of carbonyl (C=O) groups excluding carboxylic acids is 1. The zero-order valence-corrected chi connectivity index (χ0v) is 18.1. The van der Waals surface area contributed by atoms with Crippen LogP contribution in [0.15, 0.2) is 54.6 Å². The molecule has 7 heteroatoms. The summed E-state index contributed by atoms with van der Waals surface area (Å²) in [5.41, 5.74) is 3.12. The quantitative estimate of drug-likeness (QED) is 0.388. The maximum absolute atomic E-state index is 12.5. The molecule has 0 radical (unpaired) electrons. The SMILES string of the molecule is CCOc1ccc(NC(=S)Nc2sc(C)c(-c3ccccc3)c2C(=O)OC)cc1. The van der Waals surface area contributed by atoms with Gasteiger partial charge in [0, 0.05) is 16.1 Å². The molecule has 0 atom stereocenters. The van der Waals surface area contributed by atoms with Crippen LogP contribution in [-0.2, 0) is 4.74 Å². The van der Waals surface area contributed by atoms with Crippen molar-refractivity contribution in [2.24, 2.45) is 0 Å². The van der Waals surface area contributed by atoms with Crippen molar-refractivity contribution >= 4 is 45.3 Å². The van der Waals surface area contributed by atoms with E-state index in [1.165, 1.54) is 18.4 Å². The second kappa shape index (κ2) is 9.54. The number of benzene rings is 2. The van der Waals surface area contributed by atoms with Gasteiger partial charge < -0.3 is 20.1 Å². The molecule has 1 heterocycles. The Labute approximate surface area is 179 Å². The molecule has 0 bridgehead atoms. The molecule has 29 heavy (non-hydrogen) atoms. The van der Waals surface area contributed by atoms with Gasteiger partial charge in [-0.15, -0.1) is 11.3 Å². The van der Waals surface area contributed by atoms with Crippen LogP contribution in [-0.4, -0.2) is 24.8 Å². The third-order valence-corrected chi connectivity index (χ3v) is 5.41. The third-order valence-electron chi connectivity index (χ3n) is 4.19. The Morgan fingerprint density at radius 1 is 1.07 bits per heavy atom. The molecule has 0 amide bonds. The molecule has 3 aromatic rings. The van der Waals surface area contributed by atoms with Crippen molar-refractivity contribution in [1.29, 1.82) is 0 Å². The number of rotatable bonds is 6. The lowest BCUT2D eigenvalue weighted by Gasteiger charge is -2.12. The highest BCUT2D eigenvalue weighted by molar-refractivity contribution is 7.80. The highest BCUT2D eigenvalue weighted by atomic mass is 32.1. The number of esters is 1. The van der Waals surface area contributed by atoms with E-state index in [0.717, 1.165) is 27.4 Å². The third kappa shape index (κ3) is 4.93. The van der Waals surface area contributed by atoms with Gasteiger partial charge in [-0.3, -0.25) is 0 Å². The first-order valence-corrected chi connectivity index (χ1v) is 10.3. The summed E-state index contributed by atoms with van der Waals surface area (Å²) in [5, 5.41) is 7.32. The Kier molecular flexibility index (Phi) is 6.85. The average Bonchev–Trinajstić information content (AvgIpc) is 3.05. The van der Waals surface area contributed by atoms with E-state index in [-0.39, 0.29) is 0 Å². The fourth-order valence-electron chi connectivity index (χ4n) is 2.95. The lowest BCUT2D eigenvalue weighted by Crippen LogP contribution is -2.20. The molecule has 3 rings (SSSR count). The predicted octanol–water partition coefficient (Wildman–Crippen LogP) is 5.72. The maximum atomic E-state index is 12.5. The second-order valence-corrected chi connectivity index (χ2v) is 7.76. The Bertz CT molecular complexity index is 999. The number of carbonyl (C=O) groups is 1. The number of ether oxygens (including phenoxy) is 2. The van der Waals surface area contributed by atoms with Crippen LogP contribution in [0.2, 0.25) is 0 Å². The molecule has 0 saturated carbocycles. The van der Waals surface area contributed by atoms with Gasteiger partial charge >= 0.3 is 5.97 Å². The molecule has 0 aliphatic carbocycles. The topological polar surface area (TPSA) is 59.6 Å². The first-order chi connectivity index (χ1) is 14.0. The van der Waals surface area contributed by atoms with Crippen LogP contribution in [0.1, 0.15) is 22.2 Å². The summed E-state index contributed by atoms with van der Waals surface area (Å²) < 4.78 is 10.5. The Hall–Kier alpha value is -2.90. The zero-order valence-electron chi connectivity index (χ0n) is 16.4. The fraction of sp³-hybridized carbons (Fsp3) is 0.182. The van der Waals surface area contributed by atoms with Crippen molar-refractivity contribution < 1.29 is 14.3 Å². The Morgan fingerprint density at radius 2 is 1.76 bits per heavy atom. The van der Waals surface area contributed by atoms with E-state index in [9.17, 15) is 4.79 Å². The number of anilines is 2. The summed E-state index contributed by atoms with van der Waals surface area (Å²) in [6.45, 7) is 4.54. The molecule has 2 aromatic carbocycles. The largest absolute Gasteiger partial charge is 0.494 e. The molecule has 0 aliphatic rings. The van der Waals surface area contributed by atoms with Crippen LogP contribution < -0.4 is 15.4 Å². The van der Waals surface area contributed by atoms with Gasteiger partial charge in [0.05, 0.1) is 13.7 Å². The van der Waals surface area contributed by atoms with E-state index in [1.54, 1.807) is 0 Å². The van der Waals surface area contributed by atoms with Gasteiger partial charge in [-0.05, 0) is 55.9 Å². The number of thiocarbonyl (C=S) groups is 1. The lowest BCUT2D eigenvalue weighted by atomic mass is 10.0. The standard InChI is InChI=1S/C22H22N2O3S2/c1-4-27-17-12-10-16(11-13-17)23-22(28)24-20-19(21(25)26-3)18(14(2)29-20)15-8-6-5-7-9-15/h5-13H,4H2,1-3H3,(H2,23,24,28). The van der Waals surface area contributed by atoms with Gasteiger partial charge in [-0.2, -0.15) is 0 Å². The predicted molar refractivity (Wildman–Crippen MR) is 123 cm³/mol. The average molecular weight is 427 g/mol. The number of nitrogens with one attached hydrogen (secondary N) is 2. The summed E-state index contributed by atoms with van der Waals surface area (Å²) in [7, 11) is 1.38. The Balaban J connectivity index is 1.84. The normalized spacial score (nSPS) is 10.3. The number of hydrogen-bond donors (Lipinski definition) is 2. The fourth-order valence-corrected chi connectivity index (χ4v) is 4.30. The highest BCUT2D eigenvalue weighted by Crippen LogP contribution is 2.40. The van der Waals surface area contributed by atoms with Gasteiger partial charge in [0.25, 0.3) is 0 Å². The van der Waals surface area contributed by atoms with Crippen molar-refractivity contribution in [3.63, 3.8) is 0 Å². The number of methoxy groups -OCH3 is 1. The minimum Gasteiger partial charge on any atom is -0.494 e. The van der Waals surface area contributed by atoms with Gasteiger partial charge in [0.1, 0.15) is 16.3 Å². The van der Waals surface area contributed by atoms with E-state index in [4.69, 9.17) is 21.7 Å². The molecule has 1 aromatic heterocycles. The second-order valence-electron chi connectivity index (χ2n) is 6.13. The first-order valence-electron chi connectivity index (χ1n) is 9.11. The zero-order chi connectivity index (χ0) is 20.8. The summed E-state index contributed by atoms with van der Waals surface area (Å²) in [6, 6.07) is 17.3. The van der Waals surface area contributed by atoms with Crippen LogP contribution in [0.3, 0.4) is 0 Å². The summed E-state index contributed by atoms with van der Waals surface area (Å²) >= 11 is 6.92. The summed E-state index contributed by atoms with van der Waals surface area (Å²) in [6.07, 6.45) is 0. The van der Waals surface area contributed by atoms with Crippen LogP contribution >= 0.6 is 23.6 Å². The molecule has 0 saturated heterocycles. The van der Waals surface area contributed by atoms with Gasteiger partial charge in [0.15, 0.2) is 5.11 Å².